The second-order valence-electron chi connectivity index (χ2n) is 4.78. The van der Waals surface area contributed by atoms with E-state index in [1.165, 1.54) is 4.88 Å². The van der Waals surface area contributed by atoms with Gasteiger partial charge in [-0.05, 0) is 48.6 Å². The summed E-state index contributed by atoms with van der Waals surface area (Å²) < 4.78 is 5.38. The van der Waals surface area contributed by atoms with Gasteiger partial charge in [0.2, 0.25) is 0 Å². The molecule has 0 spiro atoms. The molecule has 2 N–H and O–H groups in total. The van der Waals surface area contributed by atoms with Crippen molar-refractivity contribution in [3.8, 4) is 11.5 Å². The van der Waals surface area contributed by atoms with Crippen molar-refractivity contribution in [3.63, 3.8) is 0 Å². The predicted molar refractivity (Wildman–Crippen MR) is 80.7 cm³/mol. The number of benzene rings is 1. The molecule has 4 nitrogen and oxygen atoms in total. The van der Waals surface area contributed by atoms with Crippen LogP contribution in [0.2, 0.25) is 0 Å². The Morgan fingerprint density at radius 3 is 2.90 bits per heavy atom. The van der Waals surface area contributed by atoms with Crippen LogP contribution in [0.3, 0.4) is 0 Å². The fourth-order valence-corrected chi connectivity index (χ4v) is 2.82. The zero-order chi connectivity index (χ0) is 14.1. The molecule has 0 unspecified atom stereocenters. The van der Waals surface area contributed by atoms with Gasteiger partial charge in [-0.1, -0.05) is 11.2 Å². The van der Waals surface area contributed by atoms with Crippen LogP contribution >= 0.6 is 11.3 Å². The van der Waals surface area contributed by atoms with Gasteiger partial charge in [0, 0.05) is 22.5 Å². The van der Waals surface area contributed by atoms with Crippen LogP contribution < -0.4 is 5.73 Å². The van der Waals surface area contributed by atoms with Crippen LogP contribution in [-0.2, 0) is 6.42 Å². The van der Waals surface area contributed by atoms with Crippen LogP contribution in [0, 0.1) is 13.8 Å². The third kappa shape index (κ3) is 2.44. The number of nitrogen functional groups attached to an aromatic ring is 1. The molecule has 0 saturated carbocycles. The van der Waals surface area contributed by atoms with E-state index >= 15 is 0 Å². The Labute approximate surface area is 121 Å². The summed E-state index contributed by atoms with van der Waals surface area (Å²) in [6.45, 7) is 4.06. The molecule has 0 bridgehead atoms. The molecular weight excluding hydrogens is 270 g/mol. The molecule has 0 fully saturated rings. The first-order chi connectivity index (χ1) is 9.63. The highest BCUT2D eigenvalue weighted by Crippen LogP contribution is 2.27. The number of aryl methyl sites for hydroxylation is 1. The van der Waals surface area contributed by atoms with Crippen molar-refractivity contribution in [1.82, 2.24) is 10.1 Å². The minimum Gasteiger partial charge on any atom is -0.399 e. The maximum absolute atomic E-state index is 5.89. The topological polar surface area (TPSA) is 64.9 Å². The van der Waals surface area contributed by atoms with E-state index in [0.717, 1.165) is 16.7 Å². The molecule has 5 heteroatoms. The molecule has 0 radical (unpaired) electrons. The third-order valence-corrected chi connectivity index (χ3v) is 4.18. The van der Waals surface area contributed by atoms with E-state index in [-0.39, 0.29) is 0 Å². The first kappa shape index (κ1) is 12.9. The summed E-state index contributed by atoms with van der Waals surface area (Å²) in [6.07, 6.45) is 0.696. The highest BCUT2D eigenvalue weighted by Gasteiger charge is 2.13. The second-order valence-corrected chi connectivity index (χ2v) is 5.81. The number of hydrogen-bond acceptors (Lipinski definition) is 5. The van der Waals surface area contributed by atoms with E-state index in [2.05, 4.69) is 16.2 Å². The molecule has 0 aliphatic heterocycles. The molecule has 1 aromatic carbocycles. The van der Waals surface area contributed by atoms with Crippen LogP contribution in [-0.4, -0.2) is 10.1 Å². The van der Waals surface area contributed by atoms with Crippen LogP contribution in [0.5, 0.6) is 0 Å². The van der Waals surface area contributed by atoms with Gasteiger partial charge in [0.15, 0.2) is 5.82 Å². The maximum Gasteiger partial charge on any atom is 0.258 e. The zero-order valence-electron chi connectivity index (χ0n) is 11.4. The average Bonchev–Trinajstić information content (AvgIpc) is 3.06. The van der Waals surface area contributed by atoms with E-state index in [9.17, 15) is 0 Å². The summed E-state index contributed by atoms with van der Waals surface area (Å²) >= 11 is 1.69. The fourth-order valence-electron chi connectivity index (χ4n) is 2.11. The van der Waals surface area contributed by atoms with E-state index in [0.29, 0.717) is 23.8 Å². The first-order valence-electron chi connectivity index (χ1n) is 6.35. The van der Waals surface area contributed by atoms with Gasteiger partial charge in [0.05, 0.1) is 0 Å². The quantitative estimate of drug-likeness (QED) is 0.747. The number of nitrogens with zero attached hydrogens (tertiary/aromatic N) is 2. The number of hydrogen-bond donors (Lipinski definition) is 1. The molecule has 3 aromatic rings. The van der Waals surface area contributed by atoms with Crippen molar-refractivity contribution in [2.45, 2.75) is 20.3 Å². The van der Waals surface area contributed by atoms with Gasteiger partial charge >= 0.3 is 0 Å². The molecule has 102 valence electrons. The summed E-state index contributed by atoms with van der Waals surface area (Å²) in [5.74, 6) is 1.23. The van der Waals surface area contributed by atoms with Crippen molar-refractivity contribution in [2.24, 2.45) is 0 Å². The van der Waals surface area contributed by atoms with Gasteiger partial charge in [-0.15, -0.1) is 11.3 Å². The van der Waals surface area contributed by atoms with Gasteiger partial charge in [0.25, 0.3) is 5.89 Å². The largest absolute Gasteiger partial charge is 0.399 e. The Hall–Kier alpha value is -2.14. The van der Waals surface area contributed by atoms with E-state index in [1.54, 1.807) is 11.3 Å². The molecule has 2 aromatic heterocycles. The summed E-state index contributed by atoms with van der Waals surface area (Å²) in [7, 11) is 0. The van der Waals surface area contributed by atoms with E-state index < -0.39 is 0 Å². The summed E-state index contributed by atoms with van der Waals surface area (Å²) in [6, 6.07) is 7.91. The Bertz CT molecular complexity index is 732. The van der Waals surface area contributed by atoms with Crippen molar-refractivity contribution in [3.05, 3.63) is 51.5 Å². The standard InChI is InChI=1S/C15H15N3OS/c1-9-6-11(16)7-13(10(9)2)15-17-14(18-19-15)8-12-4-3-5-20-12/h3-7H,8,16H2,1-2H3. The van der Waals surface area contributed by atoms with Crippen LogP contribution in [0.15, 0.2) is 34.2 Å². The van der Waals surface area contributed by atoms with Gasteiger partial charge in [-0.2, -0.15) is 4.98 Å². The third-order valence-electron chi connectivity index (χ3n) is 3.30. The summed E-state index contributed by atoms with van der Waals surface area (Å²) in [5.41, 5.74) is 9.75. The first-order valence-corrected chi connectivity index (χ1v) is 7.23. The maximum atomic E-state index is 5.89. The molecule has 0 amide bonds. The number of rotatable bonds is 3. The highest BCUT2D eigenvalue weighted by atomic mass is 32.1. The van der Waals surface area contributed by atoms with Gasteiger partial charge < -0.3 is 10.3 Å². The Balaban J connectivity index is 1.94. The minimum absolute atomic E-state index is 0.532. The van der Waals surface area contributed by atoms with Gasteiger partial charge in [0.1, 0.15) is 0 Å². The molecule has 0 saturated heterocycles. The Morgan fingerprint density at radius 1 is 1.30 bits per heavy atom. The zero-order valence-corrected chi connectivity index (χ0v) is 12.2. The molecular formula is C15H15N3OS. The lowest BCUT2D eigenvalue weighted by Gasteiger charge is -2.06. The number of thiophene rings is 1. The monoisotopic (exact) mass is 285 g/mol. The molecule has 0 aliphatic carbocycles. The Kier molecular flexibility index (Phi) is 3.28. The molecule has 20 heavy (non-hydrogen) atoms. The smallest absolute Gasteiger partial charge is 0.258 e. The Morgan fingerprint density at radius 2 is 2.15 bits per heavy atom. The molecule has 0 aliphatic rings. The van der Waals surface area contributed by atoms with Crippen LogP contribution in [0.4, 0.5) is 5.69 Å². The van der Waals surface area contributed by atoms with Crippen LogP contribution in [0.25, 0.3) is 11.5 Å². The van der Waals surface area contributed by atoms with Gasteiger partial charge in [-0.3, -0.25) is 0 Å². The SMILES string of the molecule is Cc1cc(N)cc(-c2nc(Cc3cccs3)no2)c1C. The summed E-state index contributed by atoms with van der Waals surface area (Å²) in [4.78, 5) is 5.69. The lowest BCUT2D eigenvalue weighted by molar-refractivity contribution is 0.424. The number of aromatic nitrogens is 2. The second kappa shape index (κ2) is 5.09. The van der Waals surface area contributed by atoms with Crippen LogP contribution in [0.1, 0.15) is 21.8 Å². The molecule has 0 atom stereocenters. The predicted octanol–water partition coefficient (Wildman–Crippen LogP) is 3.59. The van der Waals surface area contributed by atoms with Crippen molar-refractivity contribution in [2.75, 3.05) is 5.73 Å². The minimum atomic E-state index is 0.532. The number of anilines is 1. The molecule has 2 heterocycles. The van der Waals surface area contributed by atoms with E-state index in [4.69, 9.17) is 10.3 Å². The average molecular weight is 285 g/mol. The highest BCUT2D eigenvalue weighted by molar-refractivity contribution is 7.09. The fraction of sp³-hybridized carbons (Fsp3) is 0.200. The van der Waals surface area contributed by atoms with Gasteiger partial charge in [-0.25, -0.2) is 0 Å². The molecule has 3 rings (SSSR count). The van der Waals surface area contributed by atoms with E-state index in [1.807, 2.05) is 37.4 Å². The summed E-state index contributed by atoms with van der Waals surface area (Å²) in [5, 5.41) is 6.09. The normalized spacial score (nSPS) is 10.9. The van der Waals surface area contributed by atoms with Crippen molar-refractivity contribution in [1.29, 1.82) is 0 Å². The lowest BCUT2D eigenvalue weighted by atomic mass is 10.0. The van der Waals surface area contributed by atoms with Crippen molar-refractivity contribution < 1.29 is 4.52 Å². The van der Waals surface area contributed by atoms with Crippen molar-refractivity contribution >= 4 is 17.0 Å². The number of nitrogens with two attached hydrogens (primary N) is 1. The lowest BCUT2D eigenvalue weighted by Crippen LogP contribution is -1.93.